The molecule has 0 saturated heterocycles. The number of hydrogen-bond acceptors (Lipinski definition) is 4. The zero-order valence-corrected chi connectivity index (χ0v) is 13.4. The van der Waals surface area contributed by atoms with Gasteiger partial charge >= 0.3 is 0 Å². The van der Waals surface area contributed by atoms with Crippen LogP contribution in [-0.2, 0) is 9.59 Å². The van der Waals surface area contributed by atoms with E-state index in [4.69, 9.17) is 9.47 Å². The zero-order chi connectivity index (χ0) is 15.1. The van der Waals surface area contributed by atoms with Gasteiger partial charge in [0.2, 0.25) is 5.91 Å². The molecule has 1 amide bonds. The molecule has 0 aliphatic carbocycles. The number of halogens is 1. The molecule has 1 N–H and O–H groups in total. The molecule has 0 heterocycles. The normalized spacial score (nSPS) is 10.0. The van der Waals surface area contributed by atoms with Crippen molar-refractivity contribution in [2.24, 2.45) is 0 Å². The maximum absolute atomic E-state index is 11.7. The van der Waals surface area contributed by atoms with Gasteiger partial charge in [0.15, 0.2) is 0 Å². The van der Waals surface area contributed by atoms with Gasteiger partial charge in [0.1, 0.15) is 17.3 Å². The van der Waals surface area contributed by atoms with Gasteiger partial charge in [-0.3, -0.25) is 9.59 Å². The van der Waals surface area contributed by atoms with Crippen LogP contribution in [0.4, 0.5) is 5.69 Å². The van der Waals surface area contributed by atoms with Crippen LogP contribution in [0.1, 0.15) is 27.2 Å². The molecule has 1 aromatic carbocycles. The van der Waals surface area contributed by atoms with Crippen LogP contribution < -0.4 is 14.8 Å². The summed E-state index contributed by atoms with van der Waals surface area (Å²) < 4.78 is 11.7. The molecule has 0 spiro atoms. The number of carbonyl (C=O) groups is 2. The van der Waals surface area contributed by atoms with Crippen molar-refractivity contribution in [2.45, 2.75) is 27.2 Å². The molecule has 0 aliphatic rings. The van der Waals surface area contributed by atoms with Crippen molar-refractivity contribution in [2.75, 3.05) is 18.5 Å². The summed E-state index contributed by atoms with van der Waals surface area (Å²) in [6.45, 7) is 6.07. The van der Waals surface area contributed by atoms with Crippen LogP contribution in [0.2, 0.25) is 0 Å². The van der Waals surface area contributed by atoms with Crippen molar-refractivity contribution >= 4 is 33.3 Å². The number of ketones is 1. The van der Waals surface area contributed by atoms with Gasteiger partial charge in [0.25, 0.3) is 0 Å². The Hall–Kier alpha value is -1.56. The largest absolute Gasteiger partial charge is 0.493 e. The van der Waals surface area contributed by atoms with Crippen LogP contribution in [0, 0.1) is 0 Å². The molecule has 0 aliphatic heterocycles. The Morgan fingerprint density at radius 3 is 2.30 bits per heavy atom. The second-order valence-corrected chi connectivity index (χ2v) is 4.93. The molecule has 1 aromatic rings. The monoisotopic (exact) mass is 343 g/mol. The van der Waals surface area contributed by atoms with Gasteiger partial charge in [-0.25, -0.2) is 0 Å². The van der Waals surface area contributed by atoms with Gasteiger partial charge in [-0.1, -0.05) is 0 Å². The van der Waals surface area contributed by atoms with Gasteiger partial charge in [-0.05, 0) is 36.7 Å². The number of amides is 1. The van der Waals surface area contributed by atoms with Gasteiger partial charge in [-0.15, -0.1) is 0 Å². The molecule has 0 unspecified atom stereocenters. The Kier molecular flexibility index (Phi) is 6.51. The van der Waals surface area contributed by atoms with Crippen LogP contribution in [0.25, 0.3) is 0 Å². The first-order chi connectivity index (χ1) is 9.47. The van der Waals surface area contributed by atoms with Crippen molar-refractivity contribution in [1.29, 1.82) is 0 Å². The number of benzene rings is 1. The Bertz CT molecular complexity index is 502. The number of rotatable bonds is 7. The maximum atomic E-state index is 11.7. The lowest BCUT2D eigenvalue weighted by Gasteiger charge is -2.14. The zero-order valence-electron chi connectivity index (χ0n) is 11.8. The summed E-state index contributed by atoms with van der Waals surface area (Å²) in [7, 11) is 0. The van der Waals surface area contributed by atoms with Gasteiger partial charge < -0.3 is 14.8 Å². The number of hydrogen-bond donors (Lipinski definition) is 1. The van der Waals surface area contributed by atoms with E-state index in [-0.39, 0.29) is 18.1 Å². The minimum absolute atomic E-state index is 0.161. The Morgan fingerprint density at radius 1 is 1.15 bits per heavy atom. The average molecular weight is 344 g/mol. The van der Waals surface area contributed by atoms with Crippen molar-refractivity contribution in [3.05, 3.63) is 16.6 Å². The van der Waals surface area contributed by atoms with E-state index in [1.165, 1.54) is 6.92 Å². The second kappa shape index (κ2) is 7.89. The summed E-state index contributed by atoms with van der Waals surface area (Å²) in [6.07, 6.45) is -0.161. The molecule has 110 valence electrons. The lowest BCUT2D eigenvalue weighted by Crippen LogP contribution is -2.15. The van der Waals surface area contributed by atoms with Gasteiger partial charge in [-0.2, -0.15) is 0 Å². The fourth-order valence-electron chi connectivity index (χ4n) is 1.59. The van der Waals surface area contributed by atoms with Crippen molar-refractivity contribution in [1.82, 2.24) is 0 Å². The lowest BCUT2D eigenvalue weighted by molar-refractivity contribution is -0.124. The van der Waals surface area contributed by atoms with E-state index < -0.39 is 0 Å². The second-order valence-electron chi connectivity index (χ2n) is 4.07. The SMILES string of the molecule is CCOc1cc(NC(=O)CC(C)=O)c(OCC)cc1Br. The van der Waals surface area contributed by atoms with Crippen LogP contribution in [0.3, 0.4) is 0 Å². The molecule has 0 saturated carbocycles. The summed E-state index contributed by atoms with van der Waals surface area (Å²) >= 11 is 3.39. The van der Waals surface area contributed by atoms with E-state index in [0.29, 0.717) is 30.4 Å². The topological polar surface area (TPSA) is 64.6 Å². The first kappa shape index (κ1) is 16.5. The number of anilines is 1. The van der Waals surface area contributed by atoms with Crippen LogP contribution >= 0.6 is 15.9 Å². The maximum Gasteiger partial charge on any atom is 0.231 e. The van der Waals surface area contributed by atoms with Crippen molar-refractivity contribution < 1.29 is 19.1 Å². The molecule has 0 atom stereocenters. The third-order valence-electron chi connectivity index (χ3n) is 2.32. The molecule has 5 nitrogen and oxygen atoms in total. The standard InChI is InChI=1S/C14H18BrNO4/c1-4-19-12-8-11(16-14(18)6-9(3)17)13(20-5-2)7-10(12)15/h7-8H,4-6H2,1-3H3,(H,16,18). The number of Topliss-reactive ketones (excluding diaryl/α,β-unsaturated/α-hetero) is 1. The summed E-state index contributed by atoms with van der Waals surface area (Å²) in [4.78, 5) is 22.6. The Morgan fingerprint density at radius 2 is 1.75 bits per heavy atom. The highest BCUT2D eigenvalue weighted by Crippen LogP contribution is 2.36. The molecule has 20 heavy (non-hydrogen) atoms. The van der Waals surface area contributed by atoms with E-state index in [2.05, 4.69) is 21.2 Å². The molecule has 0 radical (unpaired) electrons. The molecule has 6 heteroatoms. The average Bonchev–Trinajstić information content (AvgIpc) is 2.34. The van der Waals surface area contributed by atoms with E-state index >= 15 is 0 Å². The summed E-state index contributed by atoms with van der Waals surface area (Å²) in [5, 5.41) is 2.67. The summed E-state index contributed by atoms with van der Waals surface area (Å²) in [5.74, 6) is 0.569. The van der Waals surface area contributed by atoms with Crippen LogP contribution in [0.5, 0.6) is 11.5 Å². The highest BCUT2D eigenvalue weighted by atomic mass is 79.9. The third-order valence-corrected chi connectivity index (χ3v) is 2.94. The molecule has 0 fully saturated rings. The quantitative estimate of drug-likeness (QED) is 0.772. The van der Waals surface area contributed by atoms with E-state index in [1.807, 2.05) is 13.8 Å². The van der Waals surface area contributed by atoms with Crippen LogP contribution in [-0.4, -0.2) is 24.9 Å². The molecule has 1 rings (SSSR count). The molecule has 0 aromatic heterocycles. The van der Waals surface area contributed by atoms with E-state index in [0.717, 1.165) is 4.47 Å². The Labute approximate surface area is 126 Å². The summed E-state index contributed by atoms with van der Waals surface area (Å²) in [6, 6.07) is 3.41. The minimum atomic E-state index is -0.372. The molecular weight excluding hydrogens is 326 g/mol. The first-order valence-electron chi connectivity index (χ1n) is 6.36. The van der Waals surface area contributed by atoms with Crippen molar-refractivity contribution in [3.63, 3.8) is 0 Å². The van der Waals surface area contributed by atoms with Gasteiger partial charge in [0.05, 0.1) is 29.8 Å². The predicted octanol–water partition coefficient (Wildman–Crippen LogP) is 3.16. The highest BCUT2D eigenvalue weighted by Gasteiger charge is 2.14. The third kappa shape index (κ3) is 4.85. The van der Waals surface area contributed by atoms with Crippen molar-refractivity contribution in [3.8, 4) is 11.5 Å². The molecular formula is C14H18BrNO4. The van der Waals surface area contributed by atoms with E-state index in [9.17, 15) is 9.59 Å². The fraction of sp³-hybridized carbons (Fsp3) is 0.429. The highest BCUT2D eigenvalue weighted by molar-refractivity contribution is 9.10. The lowest BCUT2D eigenvalue weighted by atomic mass is 10.2. The fourth-order valence-corrected chi connectivity index (χ4v) is 2.03. The smallest absolute Gasteiger partial charge is 0.231 e. The minimum Gasteiger partial charge on any atom is -0.493 e. The predicted molar refractivity (Wildman–Crippen MR) is 80.4 cm³/mol. The van der Waals surface area contributed by atoms with Gasteiger partial charge in [0, 0.05) is 12.1 Å². The summed E-state index contributed by atoms with van der Waals surface area (Å²) in [5.41, 5.74) is 0.491. The van der Waals surface area contributed by atoms with E-state index in [1.54, 1.807) is 12.1 Å². The Balaban J connectivity index is 3.03. The molecule has 0 bridgehead atoms. The number of nitrogens with one attached hydrogen (secondary N) is 1. The number of carbonyl (C=O) groups excluding carboxylic acids is 2. The number of ether oxygens (including phenoxy) is 2. The first-order valence-corrected chi connectivity index (χ1v) is 7.15. The van der Waals surface area contributed by atoms with Crippen LogP contribution in [0.15, 0.2) is 16.6 Å².